The molecule has 0 radical (unpaired) electrons. The van der Waals surface area contributed by atoms with Crippen molar-refractivity contribution in [2.24, 2.45) is 5.92 Å². The van der Waals surface area contributed by atoms with E-state index >= 15 is 0 Å². The molecule has 0 N–H and O–H groups in total. The van der Waals surface area contributed by atoms with Crippen LogP contribution in [-0.4, -0.2) is 27.8 Å². The summed E-state index contributed by atoms with van der Waals surface area (Å²) < 4.78 is 2.05. The van der Waals surface area contributed by atoms with E-state index < -0.39 is 0 Å². The fourth-order valence-corrected chi connectivity index (χ4v) is 2.96. The number of aromatic nitrogens is 2. The number of rotatable bonds is 5. The minimum atomic E-state index is 0.972. The SMILES string of the molecule is CCCC1CCN(Cc2cn(CC)nc2C)CC1. The van der Waals surface area contributed by atoms with Gasteiger partial charge in [0.1, 0.15) is 0 Å². The normalized spacial score (nSPS) is 18.4. The largest absolute Gasteiger partial charge is 0.299 e. The van der Waals surface area contributed by atoms with Crippen LogP contribution in [0.2, 0.25) is 0 Å². The van der Waals surface area contributed by atoms with Crippen molar-refractivity contribution in [3.8, 4) is 0 Å². The highest BCUT2D eigenvalue weighted by Gasteiger charge is 2.19. The molecule has 0 spiro atoms. The van der Waals surface area contributed by atoms with Gasteiger partial charge in [-0.2, -0.15) is 5.10 Å². The lowest BCUT2D eigenvalue weighted by atomic mass is 9.92. The van der Waals surface area contributed by atoms with Crippen LogP contribution in [0.4, 0.5) is 0 Å². The summed E-state index contributed by atoms with van der Waals surface area (Å²) in [5.41, 5.74) is 2.61. The second-order valence-electron chi connectivity index (χ2n) is 5.60. The van der Waals surface area contributed by atoms with Gasteiger partial charge in [0.15, 0.2) is 0 Å². The van der Waals surface area contributed by atoms with Crippen LogP contribution in [-0.2, 0) is 13.1 Å². The lowest BCUT2D eigenvalue weighted by molar-refractivity contribution is 0.171. The van der Waals surface area contributed by atoms with Crippen LogP contribution < -0.4 is 0 Å². The quantitative estimate of drug-likeness (QED) is 0.799. The van der Waals surface area contributed by atoms with Crippen molar-refractivity contribution in [1.29, 1.82) is 0 Å². The van der Waals surface area contributed by atoms with Crippen LogP contribution in [0, 0.1) is 12.8 Å². The molecule has 0 bridgehead atoms. The maximum absolute atomic E-state index is 4.53. The summed E-state index contributed by atoms with van der Waals surface area (Å²) in [6.07, 6.45) is 7.74. The van der Waals surface area contributed by atoms with E-state index in [2.05, 4.69) is 41.6 Å². The van der Waals surface area contributed by atoms with E-state index in [1.165, 1.54) is 50.0 Å². The molecule has 1 saturated heterocycles. The standard InChI is InChI=1S/C15H27N3/c1-4-6-14-7-9-17(10-8-14)11-15-12-18(5-2)16-13(15)3/h12,14H,4-11H2,1-3H3. The van der Waals surface area contributed by atoms with Gasteiger partial charge in [-0.1, -0.05) is 19.8 Å². The van der Waals surface area contributed by atoms with E-state index in [1.54, 1.807) is 0 Å². The summed E-state index contributed by atoms with van der Waals surface area (Å²) >= 11 is 0. The van der Waals surface area contributed by atoms with E-state index in [0.717, 1.165) is 19.0 Å². The Morgan fingerprint density at radius 2 is 2.00 bits per heavy atom. The maximum Gasteiger partial charge on any atom is 0.0638 e. The van der Waals surface area contributed by atoms with E-state index in [-0.39, 0.29) is 0 Å². The van der Waals surface area contributed by atoms with Gasteiger partial charge in [0.2, 0.25) is 0 Å². The smallest absolute Gasteiger partial charge is 0.0638 e. The zero-order chi connectivity index (χ0) is 13.0. The molecule has 18 heavy (non-hydrogen) atoms. The molecule has 0 aliphatic carbocycles. The summed E-state index contributed by atoms with van der Waals surface area (Å²) in [5, 5.41) is 4.53. The molecular weight excluding hydrogens is 222 g/mol. The van der Waals surface area contributed by atoms with Gasteiger partial charge in [-0.3, -0.25) is 9.58 Å². The molecule has 0 unspecified atom stereocenters. The van der Waals surface area contributed by atoms with Crippen LogP contribution in [0.15, 0.2) is 6.20 Å². The molecule has 1 fully saturated rings. The summed E-state index contributed by atoms with van der Waals surface area (Å²) in [5.74, 6) is 0.978. The highest BCUT2D eigenvalue weighted by atomic mass is 15.3. The second-order valence-corrected chi connectivity index (χ2v) is 5.60. The fourth-order valence-electron chi connectivity index (χ4n) is 2.96. The van der Waals surface area contributed by atoms with E-state index in [0.29, 0.717) is 0 Å². The van der Waals surface area contributed by atoms with E-state index in [4.69, 9.17) is 0 Å². The van der Waals surface area contributed by atoms with Gasteiger partial charge in [0, 0.05) is 24.8 Å². The van der Waals surface area contributed by atoms with Gasteiger partial charge in [-0.25, -0.2) is 0 Å². The zero-order valence-electron chi connectivity index (χ0n) is 12.2. The van der Waals surface area contributed by atoms with Crippen LogP contribution in [0.5, 0.6) is 0 Å². The number of aryl methyl sites for hydroxylation is 2. The molecule has 0 aromatic carbocycles. The van der Waals surface area contributed by atoms with Crippen molar-refractivity contribution >= 4 is 0 Å². The molecule has 2 heterocycles. The molecule has 1 aliphatic heterocycles. The first-order valence-corrected chi connectivity index (χ1v) is 7.48. The molecule has 0 saturated carbocycles. The predicted molar refractivity (Wildman–Crippen MR) is 75.5 cm³/mol. The topological polar surface area (TPSA) is 21.1 Å². The number of piperidine rings is 1. The van der Waals surface area contributed by atoms with Gasteiger partial charge >= 0.3 is 0 Å². The van der Waals surface area contributed by atoms with Crippen molar-refractivity contribution in [2.75, 3.05) is 13.1 Å². The van der Waals surface area contributed by atoms with Gasteiger partial charge in [-0.05, 0) is 45.7 Å². The van der Waals surface area contributed by atoms with Crippen molar-refractivity contribution < 1.29 is 0 Å². The zero-order valence-corrected chi connectivity index (χ0v) is 12.2. The van der Waals surface area contributed by atoms with Crippen LogP contribution in [0.25, 0.3) is 0 Å². The van der Waals surface area contributed by atoms with E-state index in [1.807, 2.05) is 0 Å². The molecule has 1 aromatic rings. The Hall–Kier alpha value is -0.830. The Balaban J connectivity index is 1.85. The van der Waals surface area contributed by atoms with Gasteiger partial charge < -0.3 is 0 Å². The fraction of sp³-hybridized carbons (Fsp3) is 0.800. The number of nitrogens with zero attached hydrogens (tertiary/aromatic N) is 3. The Labute approximate surface area is 111 Å². The number of hydrogen-bond donors (Lipinski definition) is 0. The van der Waals surface area contributed by atoms with Gasteiger partial charge in [0.25, 0.3) is 0 Å². The Morgan fingerprint density at radius 1 is 1.28 bits per heavy atom. The third-order valence-electron chi connectivity index (χ3n) is 4.17. The first kappa shape index (κ1) is 13.6. The Morgan fingerprint density at radius 3 is 2.56 bits per heavy atom. The highest BCUT2D eigenvalue weighted by Crippen LogP contribution is 2.23. The molecule has 3 nitrogen and oxygen atoms in total. The third kappa shape index (κ3) is 3.35. The summed E-state index contributed by atoms with van der Waals surface area (Å²) in [6, 6.07) is 0. The molecule has 1 aliphatic rings. The predicted octanol–water partition coefficient (Wildman–Crippen LogP) is 3.22. The minimum absolute atomic E-state index is 0.972. The number of likely N-dealkylation sites (tertiary alicyclic amines) is 1. The first-order chi connectivity index (χ1) is 8.72. The number of hydrogen-bond acceptors (Lipinski definition) is 2. The lowest BCUT2D eigenvalue weighted by Gasteiger charge is -2.31. The highest BCUT2D eigenvalue weighted by molar-refractivity contribution is 5.15. The third-order valence-corrected chi connectivity index (χ3v) is 4.17. The lowest BCUT2D eigenvalue weighted by Crippen LogP contribution is -2.33. The van der Waals surface area contributed by atoms with E-state index in [9.17, 15) is 0 Å². The summed E-state index contributed by atoms with van der Waals surface area (Å²) in [6.45, 7) is 11.2. The monoisotopic (exact) mass is 249 g/mol. The molecule has 0 amide bonds. The molecule has 3 heteroatoms. The van der Waals surface area contributed by atoms with Crippen molar-refractivity contribution in [3.63, 3.8) is 0 Å². The van der Waals surface area contributed by atoms with Gasteiger partial charge in [0.05, 0.1) is 5.69 Å². The molecular formula is C15H27N3. The average Bonchev–Trinajstić information content (AvgIpc) is 2.73. The maximum atomic E-state index is 4.53. The van der Waals surface area contributed by atoms with Crippen molar-refractivity contribution in [1.82, 2.24) is 14.7 Å². The van der Waals surface area contributed by atoms with Crippen LogP contribution in [0.1, 0.15) is 50.8 Å². The molecule has 0 atom stereocenters. The summed E-state index contributed by atoms with van der Waals surface area (Å²) in [7, 11) is 0. The van der Waals surface area contributed by atoms with Crippen LogP contribution in [0.3, 0.4) is 0 Å². The second kappa shape index (κ2) is 6.37. The Kier molecular flexibility index (Phi) is 4.81. The van der Waals surface area contributed by atoms with Crippen molar-refractivity contribution in [2.45, 2.75) is 59.5 Å². The first-order valence-electron chi connectivity index (χ1n) is 7.48. The Bertz CT molecular complexity index is 362. The summed E-state index contributed by atoms with van der Waals surface area (Å²) in [4.78, 5) is 2.59. The molecule has 102 valence electrons. The van der Waals surface area contributed by atoms with Gasteiger partial charge in [-0.15, -0.1) is 0 Å². The molecule has 1 aromatic heterocycles. The van der Waals surface area contributed by atoms with Crippen molar-refractivity contribution in [3.05, 3.63) is 17.5 Å². The molecule has 2 rings (SSSR count). The average molecular weight is 249 g/mol. The van der Waals surface area contributed by atoms with Crippen LogP contribution >= 0.6 is 0 Å². The minimum Gasteiger partial charge on any atom is -0.299 e.